The topological polar surface area (TPSA) is 47.0 Å². The first kappa shape index (κ1) is 11.6. The summed E-state index contributed by atoms with van der Waals surface area (Å²) in [6.45, 7) is 1.76. The van der Waals surface area contributed by atoms with Crippen molar-refractivity contribution in [2.75, 3.05) is 25.6 Å². The van der Waals surface area contributed by atoms with Gasteiger partial charge in [-0.05, 0) is 24.7 Å². The highest BCUT2D eigenvalue weighted by atomic mass is 35.5. The van der Waals surface area contributed by atoms with E-state index in [9.17, 15) is 0 Å². The summed E-state index contributed by atoms with van der Waals surface area (Å²) in [5, 5.41) is 3.78. The number of hydrogen-bond donors (Lipinski definition) is 1. The molecule has 5 heteroatoms. The van der Waals surface area contributed by atoms with E-state index in [2.05, 4.69) is 15.3 Å². The van der Waals surface area contributed by atoms with Crippen molar-refractivity contribution in [3.63, 3.8) is 0 Å². The molecule has 1 aliphatic rings. The highest BCUT2D eigenvalue weighted by Crippen LogP contribution is 2.48. The van der Waals surface area contributed by atoms with Gasteiger partial charge in [0.15, 0.2) is 0 Å². The number of nitrogens with zero attached hydrogens (tertiary/aromatic N) is 2. The van der Waals surface area contributed by atoms with E-state index in [1.165, 1.54) is 19.2 Å². The normalized spacial score (nSPS) is 17.1. The van der Waals surface area contributed by atoms with Crippen molar-refractivity contribution >= 4 is 17.4 Å². The summed E-state index contributed by atoms with van der Waals surface area (Å²) in [6, 6.07) is 1.74. The molecule has 0 saturated heterocycles. The van der Waals surface area contributed by atoms with Crippen LogP contribution < -0.4 is 5.32 Å². The Morgan fingerprint density at radius 1 is 1.50 bits per heavy atom. The number of methoxy groups -OCH3 is 1. The first-order valence-corrected chi connectivity index (χ1v) is 5.82. The molecule has 1 heterocycles. The number of anilines is 1. The lowest BCUT2D eigenvalue weighted by atomic mass is 10.0. The number of halogens is 1. The summed E-state index contributed by atoms with van der Waals surface area (Å²) < 4.78 is 5.11. The average Bonchev–Trinajstić information content (AvgIpc) is 3.05. The molecule has 4 nitrogen and oxygen atoms in total. The molecule has 0 amide bonds. The van der Waals surface area contributed by atoms with E-state index in [4.69, 9.17) is 16.3 Å². The number of ether oxygens (including phenoxy) is 1. The first-order chi connectivity index (χ1) is 7.74. The van der Waals surface area contributed by atoms with Crippen LogP contribution in [0.15, 0.2) is 12.4 Å². The maximum atomic E-state index is 5.78. The van der Waals surface area contributed by atoms with Gasteiger partial charge in [0.2, 0.25) is 0 Å². The summed E-state index contributed by atoms with van der Waals surface area (Å²) in [5.74, 6) is 0.795. The Morgan fingerprint density at radius 2 is 2.31 bits per heavy atom. The molecule has 0 aromatic carbocycles. The second-order valence-corrected chi connectivity index (χ2v) is 4.71. The van der Waals surface area contributed by atoms with Gasteiger partial charge >= 0.3 is 0 Å². The maximum absolute atomic E-state index is 5.78. The molecule has 1 N–H and O–H groups in total. The number of rotatable bonds is 6. The van der Waals surface area contributed by atoms with Crippen molar-refractivity contribution in [1.82, 2.24) is 9.97 Å². The Balaban J connectivity index is 1.83. The molecule has 0 aliphatic heterocycles. The van der Waals surface area contributed by atoms with Crippen LogP contribution in [0.1, 0.15) is 19.3 Å². The highest BCUT2D eigenvalue weighted by molar-refractivity contribution is 6.29. The molecule has 88 valence electrons. The van der Waals surface area contributed by atoms with Crippen molar-refractivity contribution in [3.8, 4) is 0 Å². The van der Waals surface area contributed by atoms with Gasteiger partial charge in [-0.1, -0.05) is 11.6 Å². The predicted molar refractivity (Wildman–Crippen MR) is 63.7 cm³/mol. The molecule has 1 aliphatic carbocycles. The molecule has 0 unspecified atom stereocenters. The van der Waals surface area contributed by atoms with E-state index in [0.717, 1.165) is 25.4 Å². The first-order valence-electron chi connectivity index (χ1n) is 5.44. The molecule has 1 aromatic heterocycles. The lowest BCUT2D eigenvalue weighted by Crippen LogP contribution is -2.17. The second-order valence-electron chi connectivity index (χ2n) is 4.32. The number of hydrogen-bond acceptors (Lipinski definition) is 4. The monoisotopic (exact) mass is 241 g/mol. The van der Waals surface area contributed by atoms with Gasteiger partial charge in [0, 0.05) is 26.3 Å². The van der Waals surface area contributed by atoms with Gasteiger partial charge in [0.1, 0.15) is 17.3 Å². The van der Waals surface area contributed by atoms with Crippen LogP contribution >= 0.6 is 11.6 Å². The van der Waals surface area contributed by atoms with Crippen LogP contribution in [-0.4, -0.2) is 30.2 Å². The third-order valence-electron chi connectivity index (χ3n) is 3.07. The number of aromatic nitrogens is 2. The Labute approximate surface area is 100 Å². The Morgan fingerprint density at radius 3 is 2.94 bits per heavy atom. The van der Waals surface area contributed by atoms with Crippen LogP contribution in [0.3, 0.4) is 0 Å². The van der Waals surface area contributed by atoms with Crippen molar-refractivity contribution in [1.29, 1.82) is 0 Å². The van der Waals surface area contributed by atoms with Crippen LogP contribution in [0, 0.1) is 5.41 Å². The summed E-state index contributed by atoms with van der Waals surface area (Å²) in [6.07, 6.45) is 5.11. The summed E-state index contributed by atoms with van der Waals surface area (Å²) in [4.78, 5) is 7.96. The molecule has 0 atom stereocenters. The van der Waals surface area contributed by atoms with E-state index < -0.39 is 0 Å². The predicted octanol–water partition coefficient (Wildman–Crippen LogP) is 2.36. The lowest BCUT2D eigenvalue weighted by Gasteiger charge is -2.15. The van der Waals surface area contributed by atoms with Crippen molar-refractivity contribution in [2.45, 2.75) is 19.3 Å². The molecule has 1 aromatic rings. The van der Waals surface area contributed by atoms with E-state index in [1.807, 2.05) is 0 Å². The van der Waals surface area contributed by atoms with Crippen LogP contribution in [0.4, 0.5) is 5.82 Å². The molecule has 1 saturated carbocycles. The van der Waals surface area contributed by atoms with Gasteiger partial charge in [-0.2, -0.15) is 0 Å². The SMILES string of the molecule is COCCC1(CNc2cc(Cl)ncn2)CC1. The maximum Gasteiger partial charge on any atom is 0.134 e. The molecule has 0 spiro atoms. The van der Waals surface area contributed by atoms with Gasteiger partial charge in [-0.25, -0.2) is 9.97 Å². The van der Waals surface area contributed by atoms with Crippen molar-refractivity contribution < 1.29 is 4.74 Å². The fourth-order valence-electron chi connectivity index (χ4n) is 1.72. The third-order valence-corrected chi connectivity index (χ3v) is 3.28. The van der Waals surface area contributed by atoms with Crippen molar-refractivity contribution in [2.24, 2.45) is 5.41 Å². The largest absolute Gasteiger partial charge is 0.385 e. The van der Waals surface area contributed by atoms with Crippen LogP contribution in [-0.2, 0) is 4.74 Å². The molecule has 1 fully saturated rings. The number of nitrogens with one attached hydrogen (secondary N) is 1. The van der Waals surface area contributed by atoms with Gasteiger partial charge in [-0.3, -0.25) is 0 Å². The highest BCUT2D eigenvalue weighted by Gasteiger charge is 2.41. The Bertz CT molecular complexity index is 355. The van der Waals surface area contributed by atoms with Crippen LogP contribution in [0.5, 0.6) is 0 Å². The molecule has 0 bridgehead atoms. The van der Waals surface area contributed by atoms with Gasteiger partial charge in [0.05, 0.1) is 0 Å². The minimum absolute atomic E-state index is 0.410. The smallest absolute Gasteiger partial charge is 0.134 e. The van der Waals surface area contributed by atoms with Gasteiger partial charge < -0.3 is 10.1 Å². The zero-order chi connectivity index (χ0) is 11.4. The fourth-order valence-corrected chi connectivity index (χ4v) is 1.87. The van der Waals surface area contributed by atoms with Crippen LogP contribution in [0.25, 0.3) is 0 Å². The van der Waals surface area contributed by atoms with Gasteiger partial charge in [0.25, 0.3) is 0 Å². The summed E-state index contributed by atoms with van der Waals surface area (Å²) in [7, 11) is 1.74. The molecular weight excluding hydrogens is 226 g/mol. The summed E-state index contributed by atoms with van der Waals surface area (Å²) >= 11 is 5.78. The molecule has 0 radical (unpaired) electrons. The average molecular weight is 242 g/mol. The minimum Gasteiger partial charge on any atom is -0.385 e. The molecule has 16 heavy (non-hydrogen) atoms. The lowest BCUT2D eigenvalue weighted by molar-refractivity contribution is 0.175. The van der Waals surface area contributed by atoms with E-state index in [-0.39, 0.29) is 0 Å². The Kier molecular flexibility index (Phi) is 3.61. The molecule has 2 rings (SSSR count). The Hall–Kier alpha value is -0.870. The zero-order valence-electron chi connectivity index (χ0n) is 9.37. The quantitative estimate of drug-likeness (QED) is 0.777. The van der Waals surface area contributed by atoms with Gasteiger partial charge in [-0.15, -0.1) is 0 Å². The van der Waals surface area contributed by atoms with E-state index >= 15 is 0 Å². The van der Waals surface area contributed by atoms with Crippen LogP contribution in [0.2, 0.25) is 5.15 Å². The van der Waals surface area contributed by atoms with Crippen molar-refractivity contribution in [3.05, 3.63) is 17.5 Å². The standard InChI is InChI=1S/C11H16ClN3O/c1-16-5-4-11(2-3-11)7-13-10-6-9(12)14-8-15-10/h6,8H,2-5,7H2,1H3,(H,13,14,15). The summed E-state index contributed by atoms with van der Waals surface area (Å²) in [5.41, 5.74) is 0.410. The fraction of sp³-hybridized carbons (Fsp3) is 0.636. The van der Waals surface area contributed by atoms with E-state index in [0.29, 0.717) is 10.6 Å². The minimum atomic E-state index is 0.410. The van der Waals surface area contributed by atoms with E-state index in [1.54, 1.807) is 13.2 Å². The third kappa shape index (κ3) is 3.06. The zero-order valence-corrected chi connectivity index (χ0v) is 10.1. The molecular formula is C11H16ClN3O. The second kappa shape index (κ2) is 4.97.